The number of alkyl halides is 3. The zero-order valence-corrected chi connectivity index (χ0v) is 15.0. The molecule has 0 aromatic heterocycles. The fourth-order valence-electron chi connectivity index (χ4n) is 3.04. The fraction of sp³-hybridized carbons (Fsp3) is 0.263. The summed E-state index contributed by atoms with van der Waals surface area (Å²) in [7, 11) is 3.20. The van der Waals surface area contributed by atoms with Crippen LogP contribution in [0, 0.1) is 5.82 Å². The number of benzene rings is 2. The van der Waals surface area contributed by atoms with E-state index in [0.29, 0.717) is 11.3 Å². The van der Waals surface area contributed by atoms with E-state index in [2.05, 4.69) is 10.6 Å². The van der Waals surface area contributed by atoms with Crippen molar-refractivity contribution in [3.63, 3.8) is 0 Å². The van der Waals surface area contributed by atoms with E-state index in [-0.39, 0.29) is 12.1 Å². The minimum absolute atomic E-state index is 0.135. The molecule has 1 unspecified atom stereocenters. The molecule has 1 aliphatic rings. The third-order valence-corrected chi connectivity index (χ3v) is 4.45. The van der Waals surface area contributed by atoms with Gasteiger partial charge in [-0.1, -0.05) is 6.07 Å². The summed E-state index contributed by atoms with van der Waals surface area (Å²) in [6.07, 6.45) is -4.93. The predicted octanol–water partition coefficient (Wildman–Crippen LogP) is 3.98. The molecule has 2 aromatic carbocycles. The number of fused-ring (bicyclic) bond motifs is 1. The van der Waals surface area contributed by atoms with Gasteiger partial charge in [0.15, 0.2) is 0 Å². The smallest absolute Gasteiger partial charge is 0.378 e. The van der Waals surface area contributed by atoms with Crippen LogP contribution in [0.25, 0.3) is 0 Å². The minimum atomic E-state index is -4.68. The largest absolute Gasteiger partial charge is 0.418 e. The molecule has 0 spiro atoms. The Morgan fingerprint density at radius 1 is 1.18 bits per heavy atom. The lowest BCUT2D eigenvalue weighted by Gasteiger charge is -2.26. The summed E-state index contributed by atoms with van der Waals surface area (Å²) in [6, 6.07) is 7.09. The van der Waals surface area contributed by atoms with Crippen LogP contribution in [-0.4, -0.2) is 25.9 Å². The number of carbonyl (C=O) groups is 2. The maximum atomic E-state index is 13.5. The molecule has 0 radical (unpaired) electrons. The lowest BCUT2D eigenvalue weighted by Crippen LogP contribution is -2.31. The van der Waals surface area contributed by atoms with Gasteiger partial charge in [0, 0.05) is 31.9 Å². The number of hydrogen-bond donors (Lipinski definition) is 2. The SMILES string of the molecule is CN(C)c1ccc(NC(=O)C2CC(=O)Nc3cc(F)ccc32)c(C(F)(F)F)c1. The molecule has 0 fully saturated rings. The highest BCUT2D eigenvalue weighted by molar-refractivity contribution is 6.05. The number of carbonyl (C=O) groups excluding carboxylic acids is 2. The van der Waals surface area contributed by atoms with Crippen molar-refractivity contribution in [3.05, 3.63) is 53.3 Å². The van der Waals surface area contributed by atoms with E-state index in [0.717, 1.165) is 18.2 Å². The predicted molar refractivity (Wildman–Crippen MR) is 96.8 cm³/mol. The van der Waals surface area contributed by atoms with Crippen molar-refractivity contribution in [1.29, 1.82) is 0 Å². The Balaban J connectivity index is 1.95. The van der Waals surface area contributed by atoms with Crippen molar-refractivity contribution in [2.24, 2.45) is 0 Å². The van der Waals surface area contributed by atoms with Crippen LogP contribution in [0.3, 0.4) is 0 Å². The monoisotopic (exact) mass is 395 g/mol. The first kappa shape index (κ1) is 19.7. The van der Waals surface area contributed by atoms with Gasteiger partial charge in [0.2, 0.25) is 11.8 Å². The van der Waals surface area contributed by atoms with E-state index in [1.165, 1.54) is 23.1 Å². The normalized spacial score (nSPS) is 16.2. The molecule has 1 heterocycles. The molecule has 0 aliphatic carbocycles. The van der Waals surface area contributed by atoms with Gasteiger partial charge in [0.25, 0.3) is 0 Å². The average molecular weight is 395 g/mol. The molecular formula is C19H17F4N3O2. The molecule has 148 valence electrons. The highest BCUT2D eigenvalue weighted by Crippen LogP contribution is 2.39. The van der Waals surface area contributed by atoms with Crippen LogP contribution in [0.4, 0.5) is 34.6 Å². The molecule has 1 aliphatic heterocycles. The van der Waals surface area contributed by atoms with Gasteiger partial charge in [-0.2, -0.15) is 13.2 Å². The van der Waals surface area contributed by atoms with Crippen LogP contribution < -0.4 is 15.5 Å². The Kier molecular flexibility index (Phi) is 5.01. The molecule has 2 amide bonds. The first-order valence-corrected chi connectivity index (χ1v) is 8.35. The summed E-state index contributed by atoms with van der Waals surface area (Å²) in [6.45, 7) is 0. The number of rotatable bonds is 3. The Bertz CT molecular complexity index is 941. The number of hydrogen-bond acceptors (Lipinski definition) is 3. The molecular weight excluding hydrogens is 378 g/mol. The fourth-order valence-corrected chi connectivity index (χ4v) is 3.04. The third kappa shape index (κ3) is 3.92. The topological polar surface area (TPSA) is 61.4 Å². The van der Waals surface area contributed by atoms with Crippen molar-refractivity contribution in [1.82, 2.24) is 0 Å². The second-order valence-electron chi connectivity index (χ2n) is 6.65. The number of anilines is 3. The molecule has 9 heteroatoms. The van der Waals surface area contributed by atoms with E-state index in [4.69, 9.17) is 0 Å². The van der Waals surface area contributed by atoms with Crippen molar-refractivity contribution < 1.29 is 27.2 Å². The summed E-state index contributed by atoms with van der Waals surface area (Å²) in [4.78, 5) is 26.1. The molecule has 0 saturated carbocycles. The lowest BCUT2D eigenvalue weighted by atomic mass is 9.89. The van der Waals surface area contributed by atoms with Gasteiger partial charge >= 0.3 is 6.18 Å². The van der Waals surface area contributed by atoms with Gasteiger partial charge in [-0.15, -0.1) is 0 Å². The number of halogens is 4. The summed E-state index contributed by atoms with van der Waals surface area (Å²) in [5.74, 6) is -2.92. The summed E-state index contributed by atoms with van der Waals surface area (Å²) in [5, 5.41) is 4.74. The summed E-state index contributed by atoms with van der Waals surface area (Å²) < 4.78 is 53.8. The van der Waals surface area contributed by atoms with Crippen LogP contribution in [0.15, 0.2) is 36.4 Å². The first-order chi connectivity index (χ1) is 13.1. The summed E-state index contributed by atoms with van der Waals surface area (Å²) in [5.41, 5.74) is -0.597. The Hall–Kier alpha value is -3.10. The van der Waals surface area contributed by atoms with Crippen molar-refractivity contribution in [2.45, 2.75) is 18.5 Å². The van der Waals surface area contributed by atoms with E-state index in [1.807, 2.05) is 0 Å². The molecule has 0 bridgehead atoms. The van der Waals surface area contributed by atoms with Crippen LogP contribution in [-0.2, 0) is 15.8 Å². The third-order valence-electron chi connectivity index (χ3n) is 4.45. The zero-order chi connectivity index (χ0) is 20.6. The molecule has 3 rings (SSSR count). The van der Waals surface area contributed by atoms with Crippen molar-refractivity contribution >= 4 is 28.9 Å². The highest BCUT2D eigenvalue weighted by atomic mass is 19.4. The van der Waals surface area contributed by atoms with Gasteiger partial charge in [-0.05, 0) is 35.9 Å². The number of nitrogens with zero attached hydrogens (tertiary/aromatic N) is 1. The second kappa shape index (κ2) is 7.14. The van der Waals surface area contributed by atoms with E-state index < -0.39 is 41.0 Å². The average Bonchev–Trinajstić information content (AvgIpc) is 2.59. The first-order valence-electron chi connectivity index (χ1n) is 8.35. The van der Waals surface area contributed by atoms with Crippen LogP contribution in [0.1, 0.15) is 23.5 Å². The van der Waals surface area contributed by atoms with Gasteiger partial charge in [-0.3, -0.25) is 9.59 Å². The Labute approximate surface area is 158 Å². The Morgan fingerprint density at radius 3 is 2.54 bits per heavy atom. The van der Waals surface area contributed by atoms with E-state index >= 15 is 0 Å². The van der Waals surface area contributed by atoms with E-state index in [1.54, 1.807) is 14.1 Å². The molecule has 0 saturated heterocycles. The van der Waals surface area contributed by atoms with E-state index in [9.17, 15) is 27.2 Å². The quantitative estimate of drug-likeness (QED) is 0.773. The van der Waals surface area contributed by atoms with Crippen molar-refractivity contribution in [2.75, 3.05) is 29.6 Å². The van der Waals surface area contributed by atoms with Crippen LogP contribution >= 0.6 is 0 Å². The standard InChI is InChI=1S/C19H17F4N3O2/c1-26(2)11-4-6-15(14(8-11)19(21,22)23)25-18(28)13-9-17(27)24-16-7-10(20)3-5-12(13)16/h3-8,13H,9H2,1-2H3,(H,24,27)(H,25,28). The van der Waals surface area contributed by atoms with Gasteiger partial charge in [0.1, 0.15) is 5.82 Å². The maximum Gasteiger partial charge on any atom is 0.418 e. The molecule has 2 aromatic rings. The number of nitrogens with one attached hydrogen (secondary N) is 2. The van der Waals surface area contributed by atoms with Gasteiger partial charge in [-0.25, -0.2) is 4.39 Å². The van der Waals surface area contributed by atoms with Gasteiger partial charge in [0.05, 0.1) is 17.2 Å². The zero-order valence-electron chi connectivity index (χ0n) is 15.0. The molecule has 2 N–H and O–H groups in total. The molecule has 28 heavy (non-hydrogen) atoms. The Morgan fingerprint density at radius 2 is 1.89 bits per heavy atom. The minimum Gasteiger partial charge on any atom is -0.378 e. The number of amides is 2. The van der Waals surface area contributed by atoms with Crippen molar-refractivity contribution in [3.8, 4) is 0 Å². The van der Waals surface area contributed by atoms with Crippen LogP contribution in [0.5, 0.6) is 0 Å². The van der Waals surface area contributed by atoms with Gasteiger partial charge < -0.3 is 15.5 Å². The lowest BCUT2D eigenvalue weighted by molar-refractivity contribution is -0.137. The van der Waals surface area contributed by atoms with Crippen LogP contribution in [0.2, 0.25) is 0 Å². The second-order valence-corrected chi connectivity index (χ2v) is 6.65. The maximum absolute atomic E-state index is 13.5. The highest BCUT2D eigenvalue weighted by Gasteiger charge is 2.36. The molecule has 5 nitrogen and oxygen atoms in total. The summed E-state index contributed by atoms with van der Waals surface area (Å²) >= 11 is 0. The molecule has 1 atom stereocenters.